The lowest BCUT2D eigenvalue weighted by Crippen LogP contribution is -2.17. The fraction of sp³-hybridized carbons (Fsp3) is 0.400. The van der Waals surface area contributed by atoms with E-state index in [1.54, 1.807) is 12.1 Å². The van der Waals surface area contributed by atoms with Crippen molar-refractivity contribution in [2.75, 3.05) is 19.8 Å². The zero-order chi connectivity index (χ0) is 21.1. The molecule has 1 aromatic heterocycles. The second-order valence-corrected chi connectivity index (χ2v) is 7.39. The first-order valence-electron chi connectivity index (χ1n) is 10.9. The molecule has 0 spiro atoms. The van der Waals surface area contributed by atoms with Gasteiger partial charge in [0.25, 0.3) is 5.91 Å². The zero-order valence-electron chi connectivity index (χ0n) is 18.0. The number of carbonyl (C=O) groups excluding carboxylic acids is 1. The Morgan fingerprint density at radius 2 is 1.53 bits per heavy atom. The van der Waals surface area contributed by atoms with E-state index in [2.05, 4.69) is 6.07 Å². The van der Waals surface area contributed by atoms with Crippen LogP contribution in [-0.2, 0) is 12.8 Å². The number of fused-ring (bicyclic) bond motifs is 3. The van der Waals surface area contributed by atoms with E-state index < -0.39 is 0 Å². The van der Waals surface area contributed by atoms with Crippen LogP contribution in [0.4, 0.5) is 0 Å². The van der Waals surface area contributed by atoms with E-state index >= 15 is 0 Å². The molecule has 0 unspecified atom stereocenters. The topological polar surface area (TPSA) is 49.7 Å². The summed E-state index contributed by atoms with van der Waals surface area (Å²) in [5.41, 5.74) is 3.96. The Morgan fingerprint density at radius 3 is 2.20 bits per heavy atom. The Balaban J connectivity index is 1.88. The van der Waals surface area contributed by atoms with Gasteiger partial charge in [-0.15, -0.1) is 0 Å². The average molecular weight is 408 g/mol. The number of ether oxygens (including phenoxy) is 3. The second-order valence-electron chi connectivity index (χ2n) is 7.39. The Morgan fingerprint density at radius 1 is 0.900 bits per heavy atom. The third-order valence-corrected chi connectivity index (χ3v) is 5.54. The first-order chi connectivity index (χ1) is 14.7. The first-order valence-corrected chi connectivity index (χ1v) is 10.9. The van der Waals surface area contributed by atoms with E-state index in [0.717, 1.165) is 30.5 Å². The van der Waals surface area contributed by atoms with E-state index in [0.29, 0.717) is 42.6 Å². The molecule has 1 heterocycles. The van der Waals surface area contributed by atoms with E-state index in [-0.39, 0.29) is 5.91 Å². The lowest BCUT2D eigenvalue weighted by atomic mass is 9.95. The van der Waals surface area contributed by atoms with Crippen LogP contribution in [0.2, 0.25) is 0 Å². The number of rotatable bonds is 7. The quantitative estimate of drug-likeness (QED) is 0.526. The minimum absolute atomic E-state index is 0.0562. The molecule has 0 N–H and O–H groups in total. The Hall–Kier alpha value is -2.95. The minimum atomic E-state index is -0.0562. The van der Waals surface area contributed by atoms with Gasteiger partial charge in [0.15, 0.2) is 11.5 Å². The van der Waals surface area contributed by atoms with Crippen molar-refractivity contribution in [1.29, 1.82) is 0 Å². The molecule has 2 aromatic carbocycles. The summed E-state index contributed by atoms with van der Waals surface area (Å²) in [6, 6.07) is 11.8. The Labute approximate surface area is 177 Å². The van der Waals surface area contributed by atoms with Crippen LogP contribution < -0.4 is 14.2 Å². The van der Waals surface area contributed by atoms with Crippen LogP contribution in [0.25, 0.3) is 10.9 Å². The Bertz CT molecular complexity index is 1040. The van der Waals surface area contributed by atoms with Crippen molar-refractivity contribution < 1.29 is 19.0 Å². The third-order valence-electron chi connectivity index (χ3n) is 5.54. The fourth-order valence-corrected chi connectivity index (χ4v) is 4.37. The highest BCUT2D eigenvalue weighted by molar-refractivity contribution is 6.04. The van der Waals surface area contributed by atoms with Crippen LogP contribution in [0.3, 0.4) is 0 Å². The van der Waals surface area contributed by atoms with Crippen LogP contribution in [0.15, 0.2) is 36.4 Å². The molecule has 1 aliphatic carbocycles. The van der Waals surface area contributed by atoms with Crippen molar-refractivity contribution in [1.82, 2.24) is 4.57 Å². The lowest BCUT2D eigenvalue weighted by Gasteiger charge is -2.18. The largest absolute Gasteiger partial charge is 0.490 e. The van der Waals surface area contributed by atoms with Gasteiger partial charge in [0.2, 0.25) is 5.75 Å². The summed E-state index contributed by atoms with van der Waals surface area (Å²) in [4.78, 5) is 13.8. The molecule has 1 aliphatic rings. The van der Waals surface area contributed by atoms with Gasteiger partial charge >= 0.3 is 0 Å². The Kier molecular flexibility index (Phi) is 5.98. The van der Waals surface area contributed by atoms with E-state index in [1.165, 1.54) is 17.4 Å². The lowest BCUT2D eigenvalue weighted by molar-refractivity contribution is 0.0960. The zero-order valence-corrected chi connectivity index (χ0v) is 18.0. The molecule has 3 aromatic rings. The van der Waals surface area contributed by atoms with Crippen LogP contribution in [-0.4, -0.2) is 30.3 Å². The van der Waals surface area contributed by atoms with Gasteiger partial charge in [-0.25, -0.2) is 0 Å². The number of aryl methyl sites for hydroxylation is 1. The second kappa shape index (κ2) is 8.82. The molecule has 0 atom stereocenters. The number of aromatic nitrogens is 1. The molecule has 30 heavy (non-hydrogen) atoms. The number of hydrogen-bond acceptors (Lipinski definition) is 4. The van der Waals surface area contributed by atoms with Crippen molar-refractivity contribution in [2.45, 2.75) is 46.5 Å². The molecule has 0 bridgehead atoms. The van der Waals surface area contributed by atoms with Gasteiger partial charge in [0.1, 0.15) is 0 Å². The van der Waals surface area contributed by atoms with Crippen molar-refractivity contribution in [3.63, 3.8) is 0 Å². The minimum Gasteiger partial charge on any atom is -0.490 e. The molecule has 4 rings (SSSR count). The fourth-order valence-electron chi connectivity index (χ4n) is 4.37. The van der Waals surface area contributed by atoms with Crippen molar-refractivity contribution in [3.05, 3.63) is 53.2 Å². The highest BCUT2D eigenvalue weighted by Crippen LogP contribution is 2.40. The van der Waals surface area contributed by atoms with Gasteiger partial charge in [-0.2, -0.15) is 0 Å². The molecule has 5 nitrogen and oxygen atoms in total. The monoisotopic (exact) mass is 407 g/mol. The summed E-state index contributed by atoms with van der Waals surface area (Å²) in [6.07, 6.45) is 4.21. The van der Waals surface area contributed by atoms with Gasteiger partial charge in [-0.3, -0.25) is 9.36 Å². The standard InChI is InChI=1S/C25H29NO4/c1-4-28-22-15-17(16-23(29-5-2)24(22)30-6-3)25(27)26-20-13-9-7-11-18(20)19-12-8-10-14-21(19)26/h7,9,11,13,15-16H,4-6,8,10,12,14H2,1-3H3. The smallest absolute Gasteiger partial charge is 0.262 e. The first kappa shape index (κ1) is 20.3. The normalized spacial score (nSPS) is 13.2. The molecule has 5 heteroatoms. The van der Waals surface area contributed by atoms with Crippen molar-refractivity contribution in [2.24, 2.45) is 0 Å². The highest BCUT2D eigenvalue weighted by Gasteiger charge is 2.26. The summed E-state index contributed by atoms with van der Waals surface area (Å²) in [5.74, 6) is 1.58. The molecule has 0 saturated carbocycles. The van der Waals surface area contributed by atoms with Gasteiger partial charge in [0.05, 0.1) is 25.3 Å². The maximum absolute atomic E-state index is 13.8. The SMILES string of the molecule is CCOc1cc(C(=O)n2c3c(c4ccccc42)CCCC3)cc(OCC)c1OCC. The molecule has 0 fully saturated rings. The average Bonchev–Trinajstić information content (AvgIpc) is 3.10. The summed E-state index contributed by atoms with van der Waals surface area (Å²) in [5, 5.41) is 1.18. The molecule has 0 saturated heterocycles. The molecule has 0 radical (unpaired) electrons. The maximum atomic E-state index is 13.8. The van der Waals surface area contributed by atoms with Crippen LogP contribution in [0, 0.1) is 0 Å². The molecular formula is C25H29NO4. The van der Waals surface area contributed by atoms with Crippen molar-refractivity contribution in [3.8, 4) is 17.2 Å². The molecule has 0 amide bonds. The predicted octanol–water partition coefficient (Wildman–Crippen LogP) is 5.40. The van der Waals surface area contributed by atoms with Crippen LogP contribution in [0.1, 0.15) is 55.2 Å². The van der Waals surface area contributed by atoms with Gasteiger partial charge in [-0.1, -0.05) is 18.2 Å². The van der Waals surface area contributed by atoms with E-state index in [9.17, 15) is 4.79 Å². The van der Waals surface area contributed by atoms with Crippen molar-refractivity contribution >= 4 is 16.8 Å². The van der Waals surface area contributed by atoms with E-state index in [4.69, 9.17) is 14.2 Å². The molecule has 0 aliphatic heterocycles. The number of carbonyl (C=O) groups is 1. The van der Waals surface area contributed by atoms with Gasteiger partial charge in [0, 0.05) is 16.6 Å². The maximum Gasteiger partial charge on any atom is 0.262 e. The van der Waals surface area contributed by atoms with Gasteiger partial charge in [-0.05, 0) is 70.2 Å². The van der Waals surface area contributed by atoms with Crippen LogP contribution >= 0.6 is 0 Å². The summed E-state index contributed by atoms with van der Waals surface area (Å²) < 4.78 is 19.3. The number of nitrogens with zero attached hydrogens (tertiary/aromatic N) is 1. The molecular weight excluding hydrogens is 378 g/mol. The highest BCUT2D eigenvalue weighted by atomic mass is 16.5. The van der Waals surface area contributed by atoms with E-state index in [1.807, 2.05) is 43.5 Å². The van der Waals surface area contributed by atoms with Crippen LogP contribution in [0.5, 0.6) is 17.2 Å². The third kappa shape index (κ3) is 3.53. The predicted molar refractivity (Wildman–Crippen MR) is 118 cm³/mol. The van der Waals surface area contributed by atoms with Gasteiger partial charge < -0.3 is 14.2 Å². The molecule has 158 valence electrons. The number of benzene rings is 2. The summed E-state index contributed by atoms with van der Waals surface area (Å²) in [7, 11) is 0. The summed E-state index contributed by atoms with van der Waals surface area (Å²) >= 11 is 0. The number of hydrogen-bond donors (Lipinski definition) is 0. The number of para-hydroxylation sites is 1. The summed E-state index contributed by atoms with van der Waals surface area (Å²) in [6.45, 7) is 7.20.